The number of nitrogens with zero attached hydrogens (tertiary/aromatic N) is 2. The van der Waals surface area contributed by atoms with Crippen molar-refractivity contribution in [2.24, 2.45) is 0 Å². The number of aromatic amines is 1. The number of nitrogens with one attached hydrogen (secondary N) is 3. The van der Waals surface area contributed by atoms with E-state index in [1.165, 1.54) is 0 Å². The number of rotatable bonds is 14. The number of amides is 2. The number of carbonyl (C=O) groups excluding carboxylic acids is 1. The van der Waals surface area contributed by atoms with E-state index in [-0.39, 0.29) is 17.8 Å². The van der Waals surface area contributed by atoms with Crippen LogP contribution in [-0.2, 0) is 11.2 Å². The lowest BCUT2D eigenvalue weighted by Gasteiger charge is -2.39. The highest BCUT2D eigenvalue weighted by Gasteiger charge is 2.45. The van der Waals surface area contributed by atoms with E-state index in [4.69, 9.17) is 14.2 Å². The fourth-order valence-electron chi connectivity index (χ4n) is 4.45. The molecule has 0 radical (unpaired) electrons. The number of carbonyl (C=O) groups is 1. The van der Waals surface area contributed by atoms with E-state index in [0.717, 1.165) is 34.7 Å². The summed E-state index contributed by atoms with van der Waals surface area (Å²) in [6.07, 6.45) is -5.84. The summed E-state index contributed by atoms with van der Waals surface area (Å²) in [6, 6.07) is 5.61. The largest absolute Gasteiger partial charge is 0.494 e. The Morgan fingerprint density at radius 1 is 1.15 bits per heavy atom. The third-order valence-electron chi connectivity index (χ3n) is 6.92. The molecule has 2 aromatic rings. The lowest BCUT2D eigenvalue weighted by molar-refractivity contribution is -0.278. The zero-order chi connectivity index (χ0) is 30.1. The Kier molecular flexibility index (Phi) is 12.2. The van der Waals surface area contributed by atoms with Crippen LogP contribution in [0.3, 0.4) is 0 Å². The Bertz CT molecular complexity index is 1110. The van der Waals surface area contributed by atoms with Gasteiger partial charge < -0.3 is 50.2 Å². The van der Waals surface area contributed by atoms with E-state index >= 15 is 0 Å². The van der Waals surface area contributed by atoms with Crippen LogP contribution in [0, 0.1) is 6.92 Å². The van der Waals surface area contributed by atoms with E-state index in [0.29, 0.717) is 32.5 Å². The molecular formula is C28H45N5O8. The molecule has 1 fully saturated rings. The first-order chi connectivity index (χ1) is 19.5. The Hall–Kier alpha value is -2.94. The van der Waals surface area contributed by atoms with E-state index in [1.54, 1.807) is 0 Å². The molecule has 1 aromatic carbocycles. The predicted molar refractivity (Wildman–Crippen MR) is 151 cm³/mol. The molecule has 1 aliphatic heterocycles. The average molecular weight is 580 g/mol. The summed E-state index contributed by atoms with van der Waals surface area (Å²) in [6.45, 7) is 7.77. The monoisotopic (exact) mass is 579 g/mol. The van der Waals surface area contributed by atoms with Gasteiger partial charge >= 0.3 is 6.03 Å². The number of aliphatic hydroxyl groups is 4. The van der Waals surface area contributed by atoms with Crippen LogP contribution in [0.1, 0.15) is 48.6 Å². The summed E-state index contributed by atoms with van der Waals surface area (Å²) < 4.78 is 17.3. The number of H-pyrrole nitrogens is 1. The number of hydrogen-bond acceptors (Lipinski definition) is 10. The van der Waals surface area contributed by atoms with Crippen LogP contribution in [0.2, 0.25) is 0 Å². The molecule has 230 valence electrons. The molecule has 2 heterocycles. The minimum absolute atomic E-state index is 0.0937. The number of aliphatic hydroxyl groups excluding tert-OH is 4. The lowest BCUT2D eigenvalue weighted by Crippen LogP contribution is -2.60. The summed E-state index contributed by atoms with van der Waals surface area (Å²) in [5.41, 5.74) is 3.62. The maximum atomic E-state index is 11.8. The van der Waals surface area contributed by atoms with Crippen molar-refractivity contribution in [2.45, 2.75) is 70.2 Å². The van der Waals surface area contributed by atoms with Crippen molar-refractivity contribution in [2.75, 3.05) is 46.9 Å². The lowest BCUT2D eigenvalue weighted by atomic mass is 9.96. The van der Waals surface area contributed by atoms with Gasteiger partial charge in [0.05, 0.1) is 13.2 Å². The first-order valence-electron chi connectivity index (χ1n) is 13.9. The number of benzene rings is 1. The highest BCUT2D eigenvalue weighted by atomic mass is 16.7. The van der Waals surface area contributed by atoms with Gasteiger partial charge in [0, 0.05) is 37.3 Å². The minimum Gasteiger partial charge on any atom is -0.494 e. The zero-order valence-corrected chi connectivity index (χ0v) is 24.5. The molecule has 13 heteroatoms. The van der Waals surface area contributed by atoms with Gasteiger partial charge in [0.1, 0.15) is 30.2 Å². The quantitative estimate of drug-likeness (QED) is 0.153. The fourth-order valence-corrected chi connectivity index (χ4v) is 4.45. The Morgan fingerprint density at radius 3 is 2.54 bits per heavy atom. The van der Waals surface area contributed by atoms with Crippen molar-refractivity contribution in [3.05, 3.63) is 40.6 Å². The third kappa shape index (κ3) is 9.02. The van der Waals surface area contributed by atoms with Crippen LogP contribution in [0.4, 0.5) is 4.79 Å². The van der Waals surface area contributed by atoms with E-state index < -0.39 is 37.3 Å². The molecule has 0 aliphatic carbocycles. The average Bonchev–Trinajstić information content (AvgIpc) is 3.32. The normalized spacial score (nSPS) is 22.7. The first-order valence-corrected chi connectivity index (χ1v) is 13.9. The van der Waals surface area contributed by atoms with E-state index in [9.17, 15) is 25.2 Å². The van der Waals surface area contributed by atoms with Crippen molar-refractivity contribution >= 4 is 6.03 Å². The number of likely N-dealkylation sites (N-methyl/N-ethyl adjacent to an activating group) is 1. The van der Waals surface area contributed by atoms with Gasteiger partial charge in [-0.25, -0.2) is 4.79 Å². The third-order valence-corrected chi connectivity index (χ3v) is 6.92. The van der Waals surface area contributed by atoms with Crippen LogP contribution in [0.15, 0.2) is 18.2 Å². The summed E-state index contributed by atoms with van der Waals surface area (Å²) in [5, 5.41) is 53.0. The smallest absolute Gasteiger partial charge is 0.314 e. The maximum absolute atomic E-state index is 11.8. The molecule has 1 aliphatic rings. The Balaban J connectivity index is 1.59. The van der Waals surface area contributed by atoms with Crippen LogP contribution in [0.25, 0.3) is 0 Å². The van der Waals surface area contributed by atoms with Crippen molar-refractivity contribution in [1.82, 2.24) is 25.7 Å². The SMILES string of the molecule is Cc1cc(OCCCNC(=O)NCCN(C)C)ccc1Cc1c(O[C@@H]2O[C@H](CO)[C@@H](O)[C@H](O)[C@H]2O)n[nH]c1C(C)C. The molecule has 1 aromatic heterocycles. The number of aromatic nitrogens is 2. The standard InChI is InChI=1S/C28H45N5O8/c1-16(2)22-20(26(32-31-22)41-27-25(37)24(36)23(35)21(15-34)40-27)14-18-7-8-19(13-17(18)3)39-12-6-9-29-28(38)30-10-11-33(4)5/h7-8,13,16,21,23-25,27,34-37H,6,9-12,14-15H2,1-5H3,(H,31,32)(H2,29,30,38)/t21-,23-,24+,25-,27+/m1/s1. The van der Waals surface area contributed by atoms with Crippen molar-refractivity contribution in [1.29, 1.82) is 0 Å². The minimum atomic E-state index is -1.55. The molecule has 0 bridgehead atoms. The van der Waals surface area contributed by atoms with Crippen LogP contribution in [0.5, 0.6) is 11.6 Å². The number of urea groups is 1. The number of hydrogen-bond donors (Lipinski definition) is 7. The summed E-state index contributed by atoms with van der Waals surface area (Å²) in [7, 11) is 3.90. The molecule has 0 spiro atoms. The summed E-state index contributed by atoms with van der Waals surface area (Å²) >= 11 is 0. The topological polar surface area (TPSA) is 182 Å². The van der Waals surface area contributed by atoms with Crippen LogP contribution in [-0.4, -0.2) is 119 Å². The second kappa shape index (κ2) is 15.3. The van der Waals surface area contributed by atoms with Gasteiger partial charge in [-0.2, -0.15) is 0 Å². The molecule has 1 saturated heterocycles. The van der Waals surface area contributed by atoms with Crippen molar-refractivity contribution < 1.29 is 39.4 Å². The Morgan fingerprint density at radius 2 is 1.88 bits per heavy atom. The molecule has 3 rings (SSSR count). The molecule has 41 heavy (non-hydrogen) atoms. The van der Waals surface area contributed by atoms with Crippen molar-refractivity contribution in [3.63, 3.8) is 0 Å². The van der Waals surface area contributed by atoms with Gasteiger partial charge in [-0.3, -0.25) is 5.10 Å². The first kappa shape index (κ1) is 32.6. The summed E-state index contributed by atoms with van der Waals surface area (Å²) in [5.74, 6) is 1.02. The molecule has 0 saturated carbocycles. The number of aryl methyl sites for hydroxylation is 1. The molecule has 5 atom stereocenters. The number of ether oxygens (including phenoxy) is 3. The second-order valence-corrected chi connectivity index (χ2v) is 10.8. The second-order valence-electron chi connectivity index (χ2n) is 10.8. The van der Waals surface area contributed by atoms with Gasteiger partial charge in [-0.1, -0.05) is 19.9 Å². The highest BCUT2D eigenvalue weighted by Crippen LogP contribution is 2.32. The highest BCUT2D eigenvalue weighted by molar-refractivity contribution is 5.73. The van der Waals surface area contributed by atoms with Crippen molar-refractivity contribution in [3.8, 4) is 11.6 Å². The Labute approximate surface area is 240 Å². The molecule has 0 unspecified atom stereocenters. The zero-order valence-electron chi connectivity index (χ0n) is 24.5. The molecule has 7 N–H and O–H groups in total. The van der Waals surface area contributed by atoms with Gasteiger partial charge in [0.15, 0.2) is 0 Å². The molecule has 2 amide bonds. The summed E-state index contributed by atoms with van der Waals surface area (Å²) in [4.78, 5) is 13.8. The van der Waals surface area contributed by atoms with Gasteiger partial charge in [-0.15, -0.1) is 5.10 Å². The fraction of sp³-hybridized carbons (Fsp3) is 0.643. The van der Waals surface area contributed by atoms with E-state index in [2.05, 4.69) is 20.8 Å². The van der Waals surface area contributed by atoms with Crippen LogP contribution >= 0.6 is 0 Å². The maximum Gasteiger partial charge on any atom is 0.314 e. The molecular weight excluding hydrogens is 534 g/mol. The van der Waals surface area contributed by atoms with Gasteiger partial charge in [0.2, 0.25) is 12.2 Å². The van der Waals surface area contributed by atoms with E-state index in [1.807, 2.05) is 58.0 Å². The van der Waals surface area contributed by atoms with Crippen LogP contribution < -0.4 is 20.1 Å². The molecule has 13 nitrogen and oxygen atoms in total. The van der Waals surface area contributed by atoms with Gasteiger partial charge in [0.25, 0.3) is 0 Å². The van der Waals surface area contributed by atoms with Gasteiger partial charge in [-0.05, 0) is 56.6 Å². The predicted octanol–water partition coefficient (Wildman–Crippen LogP) is 0.241.